The Labute approximate surface area is 112 Å². The average molecular weight is 266 g/mol. The van der Waals surface area contributed by atoms with Crippen molar-refractivity contribution in [3.05, 3.63) is 35.6 Å². The molecule has 0 saturated heterocycles. The second-order valence-corrected chi connectivity index (χ2v) is 4.57. The minimum Gasteiger partial charge on any atom is -0.355 e. The fraction of sp³-hybridized carbons (Fsp3) is 0.429. The van der Waals surface area contributed by atoms with Crippen molar-refractivity contribution < 1.29 is 14.0 Å². The lowest BCUT2D eigenvalue weighted by Gasteiger charge is -2.21. The van der Waals surface area contributed by atoms with E-state index in [9.17, 15) is 14.0 Å². The van der Waals surface area contributed by atoms with Crippen molar-refractivity contribution in [2.24, 2.45) is 5.92 Å². The highest BCUT2D eigenvalue weighted by Gasteiger charge is 2.24. The summed E-state index contributed by atoms with van der Waals surface area (Å²) in [7, 11) is 0. The summed E-state index contributed by atoms with van der Waals surface area (Å²) in [6.45, 7) is 5.93. The normalized spacial score (nSPS) is 12.1. The summed E-state index contributed by atoms with van der Waals surface area (Å²) in [6, 6.07) is 5.02. The van der Waals surface area contributed by atoms with E-state index in [1.54, 1.807) is 13.0 Å². The zero-order valence-corrected chi connectivity index (χ0v) is 11.4. The van der Waals surface area contributed by atoms with Crippen LogP contribution in [0.15, 0.2) is 24.3 Å². The first-order chi connectivity index (χ1) is 8.97. The van der Waals surface area contributed by atoms with Gasteiger partial charge in [0.05, 0.1) is 5.56 Å². The highest BCUT2D eigenvalue weighted by Crippen LogP contribution is 2.08. The molecule has 0 spiro atoms. The molecule has 1 unspecified atom stereocenters. The predicted octanol–water partition coefficient (Wildman–Crippen LogP) is 1.72. The molecule has 1 aromatic carbocycles. The van der Waals surface area contributed by atoms with E-state index in [1.807, 2.05) is 13.8 Å². The summed E-state index contributed by atoms with van der Waals surface area (Å²) in [4.78, 5) is 23.8. The molecule has 0 aliphatic rings. The Hall–Kier alpha value is -1.91. The van der Waals surface area contributed by atoms with Crippen LogP contribution in [-0.4, -0.2) is 24.4 Å². The van der Waals surface area contributed by atoms with Crippen molar-refractivity contribution in [2.45, 2.75) is 26.8 Å². The largest absolute Gasteiger partial charge is 0.355 e. The molecule has 0 aliphatic heterocycles. The highest BCUT2D eigenvalue weighted by atomic mass is 19.1. The van der Waals surface area contributed by atoms with Crippen LogP contribution in [0.2, 0.25) is 0 Å². The number of rotatable bonds is 5. The first kappa shape index (κ1) is 15.1. The van der Waals surface area contributed by atoms with Crippen LogP contribution >= 0.6 is 0 Å². The molecule has 1 atom stereocenters. The van der Waals surface area contributed by atoms with Crippen LogP contribution in [0, 0.1) is 11.7 Å². The maximum Gasteiger partial charge on any atom is 0.254 e. The second-order valence-electron chi connectivity index (χ2n) is 4.57. The van der Waals surface area contributed by atoms with Gasteiger partial charge in [-0.05, 0) is 25.0 Å². The third kappa shape index (κ3) is 4.05. The number of likely N-dealkylation sites (N-methyl/N-ethyl adjacent to an activating group) is 1. The fourth-order valence-electron chi connectivity index (χ4n) is 1.68. The number of nitrogens with one attached hydrogen (secondary N) is 2. The van der Waals surface area contributed by atoms with Crippen LogP contribution < -0.4 is 10.6 Å². The molecule has 2 N–H and O–H groups in total. The number of halogens is 1. The summed E-state index contributed by atoms with van der Waals surface area (Å²) in [5.74, 6) is -1.52. The monoisotopic (exact) mass is 266 g/mol. The molecule has 0 radical (unpaired) electrons. The van der Waals surface area contributed by atoms with E-state index in [0.717, 1.165) is 0 Å². The molecular formula is C14H19FN2O2. The molecule has 0 heterocycles. The van der Waals surface area contributed by atoms with Crippen molar-refractivity contribution in [2.75, 3.05) is 6.54 Å². The Morgan fingerprint density at radius 3 is 2.42 bits per heavy atom. The molecule has 0 aliphatic carbocycles. The van der Waals surface area contributed by atoms with Crippen LogP contribution in [0.3, 0.4) is 0 Å². The Bertz CT molecular complexity index is 461. The van der Waals surface area contributed by atoms with Gasteiger partial charge in [-0.3, -0.25) is 9.59 Å². The summed E-state index contributed by atoms with van der Waals surface area (Å²) < 4.78 is 13.5. The summed E-state index contributed by atoms with van der Waals surface area (Å²) in [6.07, 6.45) is 0. The predicted molar refractivity (Wildman–Crippen MR) is 71.2 cm³/mol. The van der Waals surface area contributed by atoms with Crippen molar-refractivity contribution >= 4 is 11.8 Å². The molecule has 104 valence electrons. The van der Waals surface area contributed by atoms with Gasteiger partial charge in [-0.1, -0.05) is 26.0 Å². The minimum absolute atomic E-state index is 0.0579. The summed E-state index contributed by atoms with van der Waals surface area (Å²) >= 11 is 0. The van der Waals surface area contributed by atoms with Crippen LogP contribution in [0.1, 0.15) is 31.1 Å². The summed E-state index contributed by atoms with van der Waals surface area (Å²) in [5, 5.41) is 5.22. The van der Waals surface area contributed by atoms with Gasteiger partial charge in [0.1, 0.15) is 11.9 Å². The standard InChI is InChI=1S/C14H19FN2O2/c1-4-16-14(19)12(9(2)3)17-13(18)10-7-5-6-8-11(10)15/h5-9,12H,4H2,1-3H3,(H,16,19)(H,17,18). The van der Waals surface area contributed by atoms with Crippen molar-refractivity contribution in [1.82, 2.24) is 10.6 Å². The molecule has 1 rings (SSSR count). The molecule has 4 nitrogen and oxygen atoms in total. The maximum absolute atomic E-state index is 13.5. The Morgan fingerprint density at radius 1 is 1.26 bits per heavy atom. The summed E-state index contributed by atoms with van der Waals surface area (Å²) in [5.41, 5.74) is -0.0579. The van der Waals surface area contributed by atoms with E-state index in [-0.39, 0.29) is 17.4 Å². The van der Waals surface area contributed by atoms with E-state index in [0.29, 0.717) is 6.54 Å². The smallest absolute Gasteiger partial charge is 0.254 e. The lowest BCUT2D eigenvalue weighted by Crippen LogP contribution is -2.49. The molecule has 1 aromatic rings. The number of hydrogen-bond donors (Lipinski definition) is 2. The van der Waals surface area contributed by atoms with Gasteiger partial charge < -0.3 is 10.6 Å². The quantitative estimate of drug-likeness (QED) is 0.852. The van der Waals surface area contributed by atoms with Gasteiger partial charge in [0.25, 0.3) is 5.91 Å². The zero-order chi connectivity index (χ0) is 14.4. The van der Waals surface area contributed by atoms with E-state index in [1.165, 1.54) is 18.2 Å². The third-order valence-corrected chi connectivity index (χ3v) is 2.71. The number of benzene rings is 1. The van der Waals surface area contributed by atoms with E-state index >= 15 is 0 Å². The molecule has 0 aromatic heterocycles. The molecular weight excluding hydrogens is 247 g/mol. The maximum atomic E-state index is 13.5. The molecule has 2 amide bonds. The van der Waals surface area contributed by atoms with Gasteiger partial charge in [-0.15, -0.1) is 0 Å². The molecule has 19 heavy (non-hydrogen) atoms. The first-order valence-electron chi connectivity index (χ1n) is 6.30. The van der Waals surface area contributed by atoms with Crippen LogP contribution in [0.4, 0.5) is 4.39 Å². The fourth-order valence-corrected chi connectivity index (χ4v) is 1.68. The van der Waals surface area contributed by atoms with Gasteiger partial charge in [0.2, 0.25) is 5.91 Å². The third-order valence-electron chi connectivity index (χ3n) is 2.71. The van der Waals surface area contributed by atoms with E-state index < -0.39 is 17.8 Å². The van der Waals surface area contributed by atoms with Crippen LogP contribution in [0.5, 0.6) is 0 Å². The molecule has 0 fully saturated rings. The van der Waals surface area contributed by atoms with E-state index in [4.69, 9.17) is 0 Å². The van der Waals surface area contributed by atoms with Crippen molar-refractivity contribution in [3.63, 3.8) is 0 Å². The first-order valence-corrected chi connectivity index (χ1v) is 6.30. The lowest BCUT2D eigenvalue weighted by atomic mass is 10.0. The van der Waals surface area contributed by atoms with Crippen LogP contribution in [-0.2, 0) is 4.79 Å². The van der Waals surface area contributed by atoms with E-state index in [2.05, 4.69) is 10.6 Å². The molecule has 5 heteroatoms. The number of carbonyl (C=O) groups excluding carboxylic acids is 2. The van der Waals surface area contributed by atoms with Gasteiger partial charge in [-0.2, -0.15) is 0 Å². The van der Waals surface area contributed by atoms with Crippen molar-refractivity contribution in [1.29, 1.82) is 0 Å². The molecule has 0 bridgehead atoms. The number of carbonyl (C=O) groups is 2. The van der Waals surface area contributed by atoms with Gasteiger partial charge in [0.15, 0.2) is 0 Å². The number of amides is 2. The Kier molecular flexibility index (Phi) is 5.48. The highest BCUT2D eigenvalue weighted by molar-refractivity contribution is 5.97. The zero-order valence-electron chi connectivity index (χ0n) is 11.4. The Morgan fingerprint density at radius 2 is 1.89 bits per heavy atom. The SMILES string of the molecule is CCNC(=O)C(NC(=O)c1ccccc1F)C(C)C. The average Bonchev–Trinajstić information content (AvgIpc) is 2.36. The van der Waals surface area contributed by atoms with Crippen LogP contribution in [0.25, 0.3) is 0 Å². The topological polar surface area (TPSA) is 58.2 Å². The van der Waals surface area contributed by atoms with Gasteiger partial charge in [-0.25, -0.2) is 4.39 Å². The minimum atomic E-state index is -0.674. The molecule has 0 saturated carbocycles. The van der Waals surface area contributed by atoms with Gasteiger partial charge >= 0.3 is 0 Å². The Balaban J connectivity index is 2.83. The second kappa shape index (κ2) is 6.87. The lowest BCUT2D eigenvalue weighted by molar-refractivity contribution is -0.123. The number of hydrogen-bond acceptors (Lipinski definition) is 2. The van der Waals surface area contributed by atoms with Crippen molar-refractivity contribution in [3.8, 4) is 0 Å². The van der Waals surface area contributed by atoms with Gasteiger partial charge in [0, 0.05) is 6.54 Å².